The van der Waals surface area contributed by atoms with Crippen LogP contribution < -0.4 is 5.56 Å². The van der Waals surface area contributed by atoms with Crippen molar-refractivity contribution in [2.24, 2.45) is 0 Å². The zero-order valence-corrected chi connectivity index (χ0v) is 7.36. The summed E-state index contributed by atoms with van der Waals surface area (Å²) >= 11 is 9.56. The quantitative estimate of drug-likeness (QED) is 0.479. The molecule has 0 spiro atoms. The minimum Gasteiger partial charge on any atom is -0.325 e. The van der Waals surface area contributed by atoms with Crippen LogP contribution in [0.15, 0.2) is 4.79 Å². The average molecular weight is 201 g/mol. The normalized spacial score (nSPS) is 10.7. The second-order valence-corrected chi connectivity index (χ2v) is 3.05. The summed E-state index contributed by atoms with van der Waals surface area (Å²) in [4.78, 5) is 21.8. The van der Waals surface area contributed by atoms with Crippen molar-refractivity contribution in [1.29, 1.82) is 0 Å². The standard InChI is InChI=1S/C5H4N4OS2/c10-3-1-2(7-4(11)6-1)8-5(12)9-3/h(H4,6,7,8,9,10,11,12)/i4+1. The van der Waals surface area contributed by atoms with E-state index in [9.17, 15) is 4.79 Å². The largest absolute Gasteiger partial charge is 0.325 e. The van der Waals surface area contributed by atoms with E-state index in [4.69, 9.17) is 24.4 Å². The molecule has 0 amide bonds. The minimum atomic E-state index is -0.277. The molecule has 0 fully saturated rings. The highest BCUT2D eigenvalue weighted by atomic mass is 32.1. The van der Waals surface area contributed by atoms with Crippen LogP contribution in [-0.4, -0.2) is 19.9 Å². The van der Waals surface area contributed by atoms with Crippen molar-refractivity contribution in [2.75, 3.05) is 0 Å². The van der Waals surface area contributed by atoms with Gasteiger partial charge in [-0.05, 0) is 24.4 Å². The lowest BCUT2D eigenvalue weighted by Gasteiger charge is -1.86. The van der Waals surface area contributed by atoms with Crippen LogP contribution in [0.4, 0.5) is 0 Å². The van der Waals surface area contributed by atoms with Crippen LogP contribution in [0.5, 0.6) is 0 Å². The number of H-pyrrole nitrogens is 4. The molecule has 0 radical (unpaired) electrons. The zero-order chi connectivity index (χ0) is 8.72. The molecule has 0 aliphatic heterocycles. The Morgan fingerprint density at radius 3 is 2.17 bits per heavy atom. The molecule has 4 N–H and O–H groups in total. The number of hydrogen-bond acceptors (Lipinski definition) is 3. The van der Waals surface area contributed by atoms with Gasteiger partial charge in [-0.15, -0.1) is 0 Å². The molecule has 7 heteroatoms. The van der Waals surface area contributed by atoms with Crippen LogP contribution in [0.1, 0.15) is 0 Å². The smallest absolute Gasteiger partial charge is 0.277 e. The van der Waals surface area contributed by atoms with Crippen molar-refractivity contribution in [3.63, 3.8) is 0 Å². The van der Waals surface area contributed by atoms with Crippen LogP contribution in [-0.2, 0) is 0 Å². The second kappa shape index (κ2) is 2.39. The van der Waals surface area contributed by atoms with E-state index >= 15 is 0 Å². The Bertz CT molecular complexity index is 585. The Morgan fingerprint density at radius 1 is 0.917 bits per heavy atom. The van der Waals surface area contributed by atoms with E-state index in [-0.39, 0.29) is 10.3 Å². The summed E-state index contributed by atoms with van der Waals surface area (Å²) in [6.45, 7) is 0. The molecule has 0 saturated carbocycles. The lowest BCUT2D eigenvalue weighted by atomic mass is 10.6. The number of fused-ring (bicyclic) bond motifs is 1. The fourth-order valence-electron chi connectivity index (χ4n) is 0.958. The maximum absolute atomic E-state index is 11.2. The molecular formula is C5H4N4OS2. The monoisotopic (exact) mass is 201 g/mol. The molecule has 0 unspecified atom stereocenters. The van der Waals surface area contributed by atoms with Crippen molar-refractivity contribution >= 4 is 35.6 Å². The molecule has 2 aromatic rings. The Kier molecular flexibility index (Phi) is 1.48. The van der Waals surface area contributed by atoms with Crippen LogP contribution in [0.3, 0.4) is 0 Å². The van der Waals surface area contributed by atoms with Gasteiger partial charge in [0.2, 0.25) is 0 Å². The summed E-state index contributed by atoms with van der Waals surface area (Å²) in [7, 11) is 0. The van der Waals surface area contributed by atoms with Gasteiger partial charge in [-0.3, -0.25) is 9.78 Å². The maximum Gasteiger partial charge on any atom is 0.277 e. The fourth-order valence-corrected chi connectivity index (χ4v) is 1.36. The Labute approximate surface area is 75.9 Å². The van der Waals surface area contributed by atoms with Gasteiger partial charge in [-0.1, -0.05) is 0 Å². The van der Waals surface area contributed by atoms with Gasteiger partial charge in [0.05, 0.1) is 0 Å². The summed E-state index contributed by atoms with van der Waals surface area (Å²) in [6.07, 6.45) is 0. The van der Waals surface area contributed by atoms with Gasteiger partial charge in [0, 0.05) is 0 Å². The number of nitrogens with one attached hydrogen (secondary N) is 4. The zero-order valence-electron chi connectivity index (χ0n) is 5.72. The summed E-state index contributed by atoms with van der Waals surface area (Å²) in [6, 6.07) is 0. The summed E-state index contributed by atoms with van der Waals surface area (Å²) < 4.78 is 0.671. The van der Waals surface area contributed by atoms with Crippen molar-refractivity contribution in [1.82, 2.24) is 19.9 Å². The van der Waals surface area contributed by atoms with E-state index in [1.165, 1.54) is 0 Å². The van der Waals surface area contributed by atoms with Crippen LogP contribution in [0.25, 0.3) is 11.2 Å². The molecule has 0 bridgehead atoms. The van der Waals surface area contributed by atoms with E-state index in [0.29, 0.717) is 15.9 Å². The van der Waals surface area contributed by atoms with Crippen LogP contribution in [0, 0.1) is 9.54 Å². The van der Waals surface area contributed by atoms with E-state index < -0.39 is 0 Å². The van der Waals surface area contributed by atoms with Gasteiger partial charge in [-0.25, -0.2) is 0 Å². The first-order valence-corrected chi connectivity index (χ1v) is 3.93. The third-order valence-electron chi connectivity index (χ3n) is 1.42. The van der Waals surface area contributed by atoms with Gasteiger partial charge >= 0.3 is 0 Å². The third-order valence-corrected chi connectivity index (χ3v) is 1.83. The lowest BCUT2D eigenvalue weighted by Crippen LogP contribution is -2.07. The Morgan fingerprint density at radius 2 is 1.50 bits per heavy atom. The van der Waals surface area contributed by atoms with E-state index in [2.05, 4.69) is 19.9 Å². The predicted octanol–water partition coefficient (Wildman–Crippen LogP) is 0.971. The van der Waals surface area contributed by atoms with Gasteiger partial charge in [0.25, 0.3) is 5.56 Å². The maximum atomic E-state index is 11.2. The first-order valence-electron chi connectivity index (χ1n) is 3.11. The molecule has 2 aromatic heterocycles. The molecule has 0 aliphatic carbocycles. The van der Waals surface area contributed by atoms with Gasteiger partial charge in [-0.2, -0.15) is 0 Å². The summed E-state index contributed by atoms with van der Waals surface area (Å²) in [5.41, 5.74) is 0.628. The number of rotatable bonds is 0. The van der Waals surface area contributed by atoms with Crippen LogP contribution in [0.2, 0.25) is 0 Å². The third kappa shape index (κ3) is 1.03. The number of aromatic nitrogens is 4. The molecule has 62 valence electrons. The molecule has 0 atom stereocenters. The second-order valence-electron chi connectivity index (χ2n) is 2.24. The molecule has 2 rings (SSSR count). The van der Waals surface area contributed by atoms with Gasteiger partial charge in [0.1, 0.15) is 11.2 Å². The highest BCUT2D eigenvalue weighted by Crippen LogP contribution is 1.98. The predicted molar refractivity (Wildman–Crippen MR) is 49.3 cm³/mol. The van der Waals surface area contributed by atoms with Gasteiger partial charge < -0.3 is 15.0 Å². The topological polar surface area (TPSA) is 80.2 Å². The van der Waals surface area contributed by atoms with Crippen LogP contribution >= 0.6 is 24.4 Å². The summed E-state index contributed by atoms with van der Waals surface area (Å²) in [5, 5.41) is 0. The number of imidazole rings is 1. The molecule has 0 saturated heterocycles. The van der Waals surface area contributed by atoms with E-state index in [0.717, 1.165) is 0 Å². The number of aromatic amines is 4. The molecule has 2 heterocycles. The first-order chi connectivity index (χ1) is 5.66. The minimum absolute atomic E-state index is 0.276. The lowest BCUT2D eigenvalue weighted by molar-refractivity contribution is 1.12. The molecular weight excluding hydrogens is 197 g/mol. The highest BCUT2D eigenvalue weighted by Gasteiger charge is 1.99. The Balaban J connectivity index is 3.18. The van der Waals surface area contributed by atoms with E-state index in [1.807, 2.05) is 0 Å². The van der Waals surface area contributed by atoms with Crippen molar-refractivity contribution in [3.8, 4) is 0 Å². The van der Waals surface area contributed by atoms with Crippen molar-refractivity contribution < 1.29 is 0 Å². The molecule has 0 aromatic carbocycles. The number of hydrogen-bond donors (Lipinski definition) is 4. The van der Waals surface area contributed by atoms with Crippen molar-refractivity contribution in [2.45, 2.75) is 0 Å². The highest BCUT2D eigenvalue weighted by molar-refractivity contribution is 7.71. The summed E-state index contributed by atoms with van der Waals surface area (Å²) in [5.74, 6) is 0. The fraction of sp³-hybridized carbons (Fsp3) is 0. The average Bonchev–Trinajstić information content (AvgIpc) is 2.29. The molecule has 12 heavy (non-hydrogen) atoms. The SMILES string of the molecule is O=c1[nH]c(=S)[nH]c2[nH][13c](=S)[nH]c12. The van der Waals surface area contributed by atoms with Gasteiger partial charge in [0.15, 0.2) is 9.54 Å². The molecule has 0 aliphatic rings. The van der Waals surface area contributed by atoms with E-state index in [1.54, 1.807) is 0 Å². The van der Waals surface area contributed by atoms with Crippen molar-refractivity contribution in [3.05, 3.63) is 19.9 Å². The first kappa shape index (κ1) is 7.44. The molecule has 5 nitrogen and oxygen atoms in total. The Hall–Kier alpha value is -1.21.